The van der Waals surface area contributed by atoms with E-state index < -0.39 is 61.0 Å². The Hall–Kier alpha value is -4.97. The van der Waals surface area contributed by atoms with Crippen molar-refractivity contribution in [2.75, 3.05) is 55.4 Å². The molecule has 0 aromatic heterocycles. The van der Waals surface area contributed by atoms with Gasteiger partial charge in [-0.15, -0.1) is 0 Å². The van der Waals surface area contributed by atoms with Gasteiger partial charge in [0.25, 0.3) is 0 Å². The normalized spacial score (nSPS) is 25.1. The molecule has 0 spiro atoms. The zero-order valence-corrected chi connectivity index (χ0v) is 30.4. The zero-order chi connectivity index (χ0) is 39.3. The van der Waals surface area contributed by atoms with Gasteiger partial charge in [0.2, 0.25) is 17.8 Å². The lowest BCUT2D eigenvalue weighted by Gasteiger charge is -2.42. The predicted molar refractivity (Wildman–Crippen MR) is 189 cm³/mol. The lowest BCUT2D eigenvalue weighted by Crippen LogP contribution is -2.60. The van der Waals surface area contributed by atoms with E-state index in [-0.39, 0.29) is 59.2 Å². The van der Waals surface area contributed by atoms with Crippen LogP contribution in [-0.2, 0) is 20.7 Å². The second-order valence-corrected chi connectivity index (χ2v) is 12.8. The molecule has 5 rings (SSSR count). The Labute approximate surface area is 311 Å². The Morgan fingerprint density at radius 2 is 1.46 bits per heavy atom. The number of hydrogen-bond acceptors (Lipinski definition) is 16. The van der Waals surface area contributed by atoms with Gasteiger partial charge in [-0.05, 0) is 71.4 Å². The number of aliphatic hydroxyl groups excluding tert-OH is 5. The van der Waals surface area contributed by atoms with Crippen LogP contribution in [0.15, 0.2) is 42.5 Å². The molecule has 0 radical (unpaired) electrons. The molecule has 1 aliphatic carbocycles. The monoisotopic (exact) mass is 758 g/mol. The smallest absolute Gasteiger partial charge is 0.330 e. The van der Waals surface area contributed by atoms with Crippen molar-refractivity contribution in [2.45, 2.75) is 43.0 Å². The van der Waals surface area contributed by atoms with E-state index >= 15 is 0 Å². The maximum absolute atomic E-state index is 12.6. The van der Waals surface area contributed by atoms with Gasteiger partial charge >= 0.3 is 5.97 Å². The second-order valence-electron chi connectivity index (χ2n) is 12.8. The maximum Gasteiger partial charge on any atom is 0.330 e. The molecular formula is C38H46O16. The van der Waals surface area contributed by atoms with Crippen LogP contribution in [0.2, 0.25) is 0 Å². The quantitative estimate of drug-likeness (QED) is 0.0912. The van der Waals surface area contributed by atoms with E-state index in [0.29, 0.717) is 28.7 Å². The van der Waals surface area contributed by atoms with Gasteiger partial charge in [-0.2, -0.15) is 0 Å². The molecule has 1 aliphatic heterocycles. The molecule has 1 fully saturated rings. The van der Waals surface area contributed by atoms with E-state index in [2.05, 4.69) is 0 Å². The minimum absolute atomic E-state index is 0.0590. The Morgan fingerprint density at radius 1 is 0.796 bits per heavy atom. The summed E-state index contributed by atoms with van der Waals surface area (Å²) in [5, 5.41) is 74.2. The number of phenols is 2. The van der Waals surface area contributed by atoms with Crippen molar-refractivity contribution in [2.24, 2.45) is 11.8 Å². The van der Waals surface area contributed by atoms with Crippen LogP contribution in [0.3, 0.4) is 0 Å². The van der Waals surface area contributed by atoms with Crippen LogP contribution in [0, 0.1) is 11.8 Å². The highest BCUT2D eigenvalue weighted by atomic mass is 16.7. The topological polar surface area (TPSA) is 233 Å². The van der Waals surface area contributed by atoms with E-state index in [1.807, 2.05) is 0 Å². The molecule has 0 saturated carbocycles. The zero-order valence-electron chi connectivity index (χ0n) is 30.4. The van der Waals surface area contributed by atoms with Gasteiger partial charge in [-0.1, -0.05) is 6.07 Å². The minimum Gasteiger partial charge on any atom is -0.504 e. The number of benzene rings is 3. The van der Waals surface area contributed by atoms with Crippen molar-refractivity contribution in [3.8, 4) is 46.0 Å². The summed E-state index contributed by atoms with van der Waals surface area (Å²) >= 11 is 0. The molecule has 2 aliphatic rings. The van der Waals surface area contributed by atoms with Crippen molar-refractivity contribution in [3.63, 3.8) is 0 Å². The highest BCUT2D eigenvalue weighted by molar-refractivity contribution is 5.87. The summed E-state index contributed by atoms with van der Waals surface area (Å²) in [6.45, 7) is -1.15. The summed E-state index contributed by atoms with van der Waals surface area (Å²) in [7, 11) is 6.90. The van der Waals surface area contributed by atoms with Crippen LogP contribution >= 0.6 is 0 Å². The number of rotatable bonds is 14. The first kappa shape index (κ1) is 40.2. The van der Waals surface area contributed by atoms with E-state index in [1.165, 1.54) is 53.8 Å². The van der Waals surface area contributed by atoms with Gasteiger partial charge in [-0.25, -0.2) is 4.79 Å². The van der Waals surface area contributed by atoms with Gasteiger partial charge in [0.05, 0.1) is 35.5 Å². The first-order chi connectivity index (χ1) is 25.9. The molecule has 7 N–H and O–H groups in total. The first-order valence-electron chi connectivity index (χ1n) is 17.0. The standard InChI is InChI=1S/C38H46O16/c1-47-24-10-18(6-8-23(24)41)7-9-29(42)52-17-28-33(44)34(45)35(46)38(53-28)54-36-27(50-4)14-19-11-21(15-39)22(16-40)30(31(19)37(36)51-5)20-12-25(48-2)32(43)26(13-20)49-3/h6-10,12-14,21-22,28,30,33-35,38-41,43-46H,11,15-17H2,1-5H3. The molecule has 8 unspecified atom stereocenters. The van der Waals surface area contributed by atoms with Gasteiger partial charge in [0.15, 0.2) is 34.5 Å². The third-order valence-corrected chi connectivity index (χ3v) is 9.79. The molecule has 54 heavy (non-hydrogen) atoms. The number of fused-ring (bicyclic) bond motifs is 1. The van der Waals surface area contributed by atoms with Crippen LogP contribution < -0.4 is 28.4 Å². The first-order valence-corrected chi connectivity index (χ1v) is 17.0. The number of aliphatic hydroxyl groups is 5. The predicted octanol–water partition coefficient (Wildman–Crippen LogP) is 1.49. The average molecular weight is 759 g/mol. The Balaban J connectivity index is 1.48. The molecule has 8 atom stereocenters. The number of hydrogen-bond donors (Lipinski definition) is 7. The van der Waals surface area contributed by atoms with Crippen molar-refractivity contribution < 1.29 is 78.4 Å². The van der Waals surface area contributed by atoms with Crippen LogP contribution in [0.25, 0.3) is 6.08 Å². The Kier molecular flexibility index (Phi) is 13.0. The number of esters is 1. The number of methoxy groups -OCH3 is 5. The fourth-order valence-corrected chi connectivity index (χ4v) is 6.98. The van der Waals surface area contributed by atoms with E-state index in [0.717, 1.165) is 6.08 Å². The van der Waals surface area contributed by atoms with Crippen molar-refractivity contribution in [3.05, 3.63) is 64.7 Å². The van der Waals surface area contributed by atoms with Gasteiger partial charge in [0.1, 0.15) is 31.0 Å². The second kappa shape index (κ2) is 17.4. The SMILES string of the molecule is COc1cc(C=CC(=O)OCC2OC(Oc3c(OC)cc4c(c3OC)C(c3cc(OC)c(O)c(OC)c3)C(CO)C(CO)C4)C(O)C(O)C2O)ccc1O. The summed E-state index contributed by atoms with van der Waals surface area (Å²) in [4.78, 5) is 12.6. The number of aromatic hydroxyl groups is 2. The van der Waals surface area contributed by atoms with E-state index in [1.54, 1.807) is 24.3 Å². The van der Waals surface area contributed by atoms with E-state index in [4.69, 9.17) is 37.9 Å². The lowest BCUT2D eigenvalue weighted by atomic mass is 9.66. The molecule has 0 bridgehead atoms. The molecule has 1 saturated heterocycles. The molecule has 294 valence electrons. The highest BCUT2D eigenvalue weighted by Gasteiger charge is 2.47. The molecule has 16 heteroatoms. The van der Waals surface area contributed by atoms with Crippen molar-refractivity contribution in [1.29, 1.82) is 0 Å². The molecule has 0 amide bonds. The molecular weight excluding hydrogens is 712 g/mol. The number of carbonyl (C=O) groups excluding carboxylic acids is 1. The molecule has 3 aromatic carbocycles. The number of carbonyl (C=O) groups is 1. The molecule has 1 heterocycles. The average Bonchev–Trinajstić information content (AvgIpc) is 3.19. The van der Waals surface area contributed by atoms with Crippen LogP contribution in [0.4, 0.5) is 0 Å². The third-order valence-electron chi connectivity index (χ3n) is 9.79. The highest BCUT2D eigenvalue weighted by Crippen LogP contribution is 2.55. The summed E-state index contributed by atoms with van der Waals surface area (Å²) in [5.41, 5.74) is 2.28. The van der Waals surface area contributed by atoms with E-state index in [9.17, 15) is 40.5 Å². The minimum atomic E-state index is -1.80. The molecule has 3 aromatic rings. The van der Waals surface area contributed by atoms with Crippen LogP contribution in [0.1, 0.15) is 28.2 Å². The summed E-state index contributed by atoms with van der Waals surface area (Å²) in [6.07, 6.45) is -5.45. The number of ether oxygens (including phenoxy) is 8. The van der Waals surface area contributed by atoms with Crippen molar-refractivity contribution in [1.82, 2.24) is 0 Å². The summed E-state index contributed by atoms with van der Waals surface area (Å²) < 4.78 is 44.9. The number of phenolic OH excluding ortho intramolecular Hbond substituents is 2. The fourth-order valence-electron chi connectivity index (χ4n) is 6.98. The summed E-state index contributed by atoms with van der Waals surface area (Å²) in [5.74, 6) is -2.21. The third kappa shape index (κ3) is 7.94. The summed E-state index contributed by atoms with van der Waals surface area (Å²) in [6, 6.07) is 9.30. The van der Waals surface area contributed by atoms with Crippen LogP contribution in [0.5, 0.6) is 46.0 Å². The molecule has 16 nitrogen and oxygen atoms in total. The Bertz CT molecular complexity index is 1790. The van der Waals surface area contributed by atoms with Gasteiger partial charge < -0.3 is 73.6 Å². The van der Waals surface area contributed by atoms with Gasteiger partial charge in [0, 0.05) is 30.8 Å². The van der Waals surface area contributed by atoms with Gasteiger partial charge in [-0.3, -0.25) is 0 Å². The fraction of sp³-hybridized carbons (Fsp3) is 0.447. The maximum atomic E-state index is 12.6. The van der Waals surface area contributed by atoms with Crippen molar-refractivity contribution >= 4 is 12.0 Å². The largest absolute Gasteiger partial charge is 0.504 e. The van der Waals surface area contributed by atoms with Crippen LogP contribution in [-0.4, -0.2) is 128 Å². The Morgan fingerprint density at radius 3 is 2.06 bits per heavy atom. The lowest BCUT2D eigenvalue weighted by molar-refractivity contribution is -0.278.